The number of ketones is 1. The average molecular weight is 317 g/mol. The Morgan fingerprint density at radius 3 is 2.41 bits per heavy atom. The molecule has 0 bridgehead atoms. The minimum atomic E-state index is -0.285. The minimum Gasteiger partial charge on any atom is -0.480 e. The quantitative estimate of drug-likeness (QED) is 0.630. The maximum absolute atomic E-state index is 12.7. The Morgan fingerprint density at radius 2 is 1.91 bits per heavy atom. The summed E-state index contributed by atoms with van der Waals surface area (Å²) >= 11 is 3.97. The Kier molecular flexibility index (Phi) is 5.00. The van der Waals surface area contributed by atoms with Crippen molar-refractivity contribution in [1.29, 1.82) is 0 Å². The molecule has 1 N–H and O–H groups in total. The fourth-order valence-electron chi connectivity index (χ4n) is 1.86. The summed E-state index contributed by atoms with van der Waals surface area (Å²) in [7, 11) is 2.84. The first-order valence-corrected chi connectivity index (χ1v) is 6.76. The van der Waals surface area contributed by atoms with Gasteiger partial charge in [0.15, 0.2) is 5.82 Å². The molecular weight excluding hydrogens is 302 g/mol. The SMILES string of the molecule is C=Cc1ccc(C(=O)c2c(NS)nc(OC)nc2OC)cc1. The fourth-order valence-corrected chi connectivity index (χ4v) is 2.02. The molecule has 0 fully saturated rings. The Morgan fingerprint density at radius 1 is 1.23 bits per heavy atom. The van der Waals surface area contributed by atoms with Gasteiger partial charge in [0.1, 0.15) is 5.56 Å². The van der Waals surface area contributed by atoms with Crippen LogP contribution in [0.1, 0.15) is 21.5 Å². The van der Waals surface area contributed by atoms with Crippen LogP contribution in [0.5, 0.6) is 11.9 Å². The van der Waals surface area contributed by atoms with Crippen molar-refractivity contribution in [3.63, 3.8) is 0 Å². The molecule has 1 aromatic heterocycles. The Hall–Kier alpha value is -2.54. The molecule has 2 rings (SSSR count). The maximum Gasteiger partial charge on any atom is 0.321 e. The molecule has 0 saturated carbocycles. The number of hydrogen-bond donors (Lipinski definition) is 2. The monoisotopic (exact) mass is 317 g/mol. The van der Waals surface area contributed by atoms with Gasteiger partial charge in [-0.2, -0.15) is 9.97 Å². The van der Waals surface area contributed by atoms with E-state index in [1.165, 1.54) is 14.2 Å². The molecule has 0 atom stereocenters. The summed E-state index contributed by atoms with van der Waals surface area (Å²) < 4.78 is 12.7. The number of methoxy groups -OCH3 is 2. The smallest absolute Gasteiger partial charge is 0.321 e. The normalized spacial score (nSPS) is 9.95. The van der Waals surface area contributed by atoms with Gasteiger partial charge in [-0.15, -0.1) is 0 Å². The van der Waals surface area contributed by atoms with Gasteiger partial charge in [-0.3, -0.25) is 4.79 Å². The molecule has 1 aromatic carbocycles. The molecule has 0 aliphatic carbocycles. The maximum atomic E-state index is 12.7. The van der Waals surface area contributed by atoms with Gasteiger partial charge in [0, 0.05) is 5.56 Å². The van der Waals surface area contributed by atoms with Crippen LogP contribution in [0.3, 0.4) is 0 Å². The summed E-state index contributed by atoms with van der Waals surface area (Å²) in [5.74, 6) is 0.0395. The molecule has 6 nitrogen and oxygen atoms in total. The third kappa shape index (κ3) is 3.04. The lowest BCUT2D eigenvalue weighted by atomic mass is 10.0. The summed E-state index contributed by atoms with van der Waals surface area (Å²) in [4.78, 5) is 20.8. The Balaban J connectivity index is 2.53. The van der Waals surface area contributed by atoms with Crippen molar-refractivity contribution in [2.75, 3.05) is 18.9 Å². The summed E-state index contributed by atoms with van der Waals surface area (Å²) in [6.45, 7) is 3.68. The van der Waals surface area contributed by atoms with E-state index in [2.05, 4.69) is 34.1 Å². The molecule has 0 unspecified atom stereocenters. The molecule has 0 radical (unpaired) electrons. The van der Waals surface area contributed by atoms with Gasteiger partial charge in [0.2, 0.25) is 11.7 Å². The lowest BCUT2D eigenvalue weighted by Gasteiger charge is -2.12. The number of rotatable bonds is 6. The van der Waals surface area contributed by atoms with Gasteiger partial charge in [-0.05, 0) is 5.56 Å². The molecule has 114 valence electrons. The predicted octanol–water partition coefficient (Wildman–Crippen LogP) is 2.62. The van der Waals surface area contributed by atoms with Gasteiger partial charge in [-0.1, -0.05) is 49.7 Å². The second-order valence-electron chi connectivity index (χ2n) is 4.21. The standard InChI is InChI=1S/C15H15N3O3S/c1-4-9-5-7-10(8-6-9)12(19)11-13(18-22)16-15(21-3)17-14(11)20-2/h4-8,22H,1H2,2-3H3,(H,16,17,18). The molecule has 22 heavy (non-hydrogen) atoms. The van der Waals surface area contributed by atoms with Gasteiger partial charge < -0.3 is 14.2 Å². The van der Waals surface area contributed by atoms with E-state index in [9.17, 15) is 4.79 Å². The van der Waals surface area contributed by atoms with E-state index in [-0.39, 0.29) is 29.1 Å². The first-order valence-electron chi connectivity index (χ1n) is 6.32. The van der Waals surface area contributed by atoms with Crippen LogP contribution in [-0.2, 0) is 0 Å². The van der Waals surface area contributed by atoms with E-state index in [1.807, 2.05) is 0 Å². The van der Waals surface area contributed by atoms with Crippen molar-refractivity contribution in [1.82, 2.24) is 9.97 Å². The van der Waals surface area contributed by atoms with Gasteiger partial charge in [0.05, 0.1) is 14.2 Å². The van der Waals surface area contributed by atoms with Crippen molar-refractivity contribution in [2.24, 2.45) is 0 Å². The number of carbonyl (C=O) groups excluding carboxylic acids is 1. The number of thiol groups is 1. The number of benzene rings is 1. The summed E-state index contributed by atoms with van der Waals surface area (Å²) in [6, 6.07) is 7.07. The number of aromatic nitrogens is 2. The number of hydrogen-bond acceptors (Lipinski definition) is 7. The van der Waals surface area contributed by atoms with Crippen molar-refractivity contribution in [3.05, 3.63) is 47.5 Å². The van der Waals surface area contributed by atoms with Crippen LogP contribution >= 0.6 is 12.8 Å². The zero-order chi connectivity index (χ0) is 16.1. The highest BCUT2D eigenvalue weighted by molar-refractivity contribution is 7.81. The highest BCUT2D eigenvalue weighted by Gasteiger charge is 2.23. The number of nitrogens with zero attached hydrogens (tertiary/aromatic N) is 2. The number of anilines is 1. The third-order valence-corrected chi connectivity index (χ3v) is 3.18. The second kappa shape index (κ2) is 6.95. The van der Waals surface area contributed by atoms with Crippen LogP contribution in [0.4, 0.5) is 5.82 Å². The summed E-state index contributed by atoms with van der Waals surface area (Å²) in [5.41, 5.74) is 1.58. The molecule has 0 aliphatic heterocycles. The lowest BCUT2D eigenvalue weighted by molar-refractivity contribution is 0.103. The molecule has 1 heterocycles. The lowest BCUT2D eigenvalue weighted by Crippen LogP contribution is -2.11. The zero-order valence-corrected chi connectivity index (χ0v) is 13.1. The van der Waals surface area contributed by atoms with Gasteiger partial charge >= 0.3 is 6.01 Å². The van der Waals surface area contributed by atoms with E-state index < -0.39 is 0 Å². The molecule has 0 aliphatic rings. The van der Waals surface area contributed by atoms with Gasteiger partial charge in [-0.25, -0.2) is 0 Å². The molecule has 0 amide bonds. The number of nitrogens with one attached hydrogen (secondary N) is 1. The third-order valence-electron chi connectivity index (χ3n) is 2.97. The van der Waals surface area contributed by atoms with Crippen LogP contribution in [-0.4, -0.2) is 30.0 Å². The van der Waals surface area contributed by atoms with E-state index >= 15 is 0 Å². The van der Waals surface area contributed by atoms with E-state index in [1.54, 1.807) is 30.3 Å². The largest absolute Gasteiger partial charge is 0.480 e. The van der Waals surface area contributed by atoms with Crippen LogP contribution in [0.2, 0.25) is 0 Å². The molecular formula is C15H15N3O3S. The van der Waals surface area contributed by atoms with Crippen molar-refractivity contribution < 1.29 is 14.3 Å². The Bertz CT molecular complexity index is 677. The van der Waals surface area contributed by atoms with Crippen molar-refractivity contribution in [2.45, 2.75) is 0 Å². The fraction of sp³-hybridized carbons (Fsp3) is 0.133. The Labute approximate surface area is 133 Å². The molecule has 0 spiro atoms. The van der Waals surface area contributed by atoms with E-state index in [0.29, 0.717) is 5.56 Å². The molecule has 7 heteroatoms. The van der Waals surface area contributed by atoms with Gasteiger partial charge in [0.25, 0.3) is 0 Å². The average Bonchev–Trinajstić information content (AvgIpc) is 2.59. The summed E-state index contributed by atoms with van der Waals surface area (Å²) in [6.07, 6.45) is 1.70. The first-order chi connectivity index (χ1) is 10.6. The zero-order valence-electron chi connectivity index (χ0n) is 12.2. The van der Waals surface area contributed by atoms with Crippen molar-refractivity contribution in [3.8, 4) is 11.9 Å². The summed E-state index contributed by atoms with van der Waals surface area (Å²) in [5, 5.41) is 0. The second-order valence-corrected chi connectivity index (χ2v) is 4.43. The van der Waals surface area contributed by atoms with Crippen LogP contribution < -0.4 is 14.2 Å². The molecule has 0 saturated heterocycles. The molecule has 2 aromatic rings. The first kappa shape index (κ1) is 15.8. The number of ether oxygens (including phenoxy) is 2. The van der Waals surface area contributed by atoms with Crippen LogP contribution in [0.25, 0.3) is 6.08 Å². The minimum absolute atomic E-state index is 0.0759. The van der Waals surface area contributed by atoms with E-state index in [4.69, 9.17) is 9.47 Å². The topological polar surface area (TPSA) is 73.3 Å². The van der Waals surface area contributed by atoms with Crippen LogP contribution in [0.15, 0.2) is 30.8 Å². The highest BCUT2D eigenvalue weighted by atomic mass is 32.1. The number of carbonyl (C=O) groups is 1. The predicted molar refractivity (Wildman–Crippen MR) is 87.7 cm³/mol. The van der Waals surface area contributed by atoms with Crippen LogP contribution in [0, 0.1) is 0 Å². The highest BCUT2D eigenvalue weighted by Crippen LogP contribution is 2.28. The van der Waals surface area contributed by atoms with E-state index in [0.717, 1.165) is 5.56 Å². The van der Waals surface area contributed by atoms with Crippen molar-refractivity contribution >= 4 is 30.5 Å².